The molecule has 5 rings (SSSR count). The molecule has 136 valence electrons. The third-order valence-electron chi connectivity index (χ3n) is 6.20. The Morgan fingerprint density at radius 2 is 1.00 bits per heavy atom. The molecule has 0 amide bonds. The van der Waals surface area contributed by atoms with Crippen LogP contribution in [0.4, 0.5) is 0 Å². The van der Waals surface area contributed by atoms with Gasteiger partial charge in [0.1, 0.15) is 0 Å². The maximum Gasteiger partial charge on any atom is 4.00 e. The molecule has 0 fully saturated rings. The number of aryl methyl sites for hydroxylation is 4. The van der Waals surface area contributed by atoms with Gasteiger partial charge in [0, 0.05) is 0 Å². The number of fused-ring (bicyclic) bond motifs is 6. The van der Waals surface area contributed by atoms with Crippen LogP contribution in [0.1, 0.15) is 33.4 Å². The van der Waals surface area contributed by atoms with E-state index in [4.69, 9.17) is 0 Å². The van der Waals surface area contributed by atoms with Gasteiger partial charge in [0.15, 0.2) is 0 Å². The standard InChI is InChI=1S/C24H22.2ClH.Zr/c1-15-17-7-3-5-9-21(17)23-14-12-20-16(2)18-8-4-6-10-22(18)24(20)13-11-19(15)23;;;/h3-10H,11-14H2,1-2H3;2*1H;/q-2;;;+4/p-2. The molecule has 0 saturated carbocycles. The molecular formula is C24H22Cl2Zr. The minimum Gasteiger partial charge on any atom is -1.00 e. The fraction of sp³-hybridized carbons (Fsp3) is 0.250. The molecule has 0 unspecified atom stereocenters. The largest absolute Gasteiger partial charge is 4.00 e. The first-order valence-corrected chi connectivity index (χ1v) is 9.07. The third-order valence-corrected chi connectivity index (χ3v) is 6.20. The minimum atomic E-state index is 0. The van der Waals surface area contributed by atoms with Crippen LogP contribution in [-0.2, 0) is 51.9 Å². The maximum atomic E-state index is 2.32. The molecule has 1 aliphatic rings. The topological polar surface area (TPSA) is 0 Å². The van der Waals surface area contributed by atoms with Crippen LogP contribution >= 0.6 is 0 Å². The Labute approximate surface area is 193 Å². The van der Waals surface area contributed by atoms with Gasteiger partial charge in [0.25, 0.3) is 0 Å². The molecule has 0 N–H and O–H groups in total. The van der Waals surface area contributed by atoms with Crippen LogP contribution in [0.25, 0.3) is 21.5 Å². The van der Waals surface area contributed by atoms with Gasteiger partial charge < -0.3 is 24.8 Å². The Morgan fingerprint density at radius 1 is 0.630 bits per heavy atom. The van der Waals surface area contributed by atoms with Crippen molar-refractivity contribution in [2.24, 2.45) is 0 Å². The van der Waals surface area contributed by atoms with Crippen molar-refractivity contribution in [2.75, 3.05) is 0 Å². The molecule has 27 heavy (non-hydrogen) atoms. The summed E-state index contributed by atoms with van der Waals surface area (Å²) in [4.78, 5) is 0. The van der Waals surface area contributed by atoms with Gasteiger partial charge in [-0.1, -0.05) is 38.8 Å². The SMILES string of the molecule is Cc1c2[c-](c3ccccc13)CCc1c(C)c3ccccc3[c-]1CC2.[Cl-].[Cl-].[Zr+4]. The molecular weight excluding hydrogens is 450 g/mol. The summed E-state index contributed by atoms with van der Waals surface area (Å²) < 4.78 is 0. The van der Waals surface area contributed by atoms with E-state index in [0.717, 1.165) is 0 Å². The Bertz CT molecular complexity index is 997. The van der Waals surface area contributed by atoms with Crippen molar-refractivity contribution >= 4 is 21.5 Å². The summed E-state index contributed by atoms with van der Waals surface area (Å²) in [7, 11) is 0. The summed E-state index contributed by atoms with van der Waals surface area (Å²) in [5, 5.41) is 5.90. The van der Waals surface area contributed by atoms with E-state index < -0.39 is 0 Å². The molecule has 4 aromatic carbocycles. The predicted octanol–water partition coefficient (Wildman–Crippen LogP) is -0.0631. The molecule has 1 aliphatic carbocycles. The Kier molecular flexibility index (Phi) is 7.18. The van der Waals surface area contributed by atoms with Crippen molar-refractivity contribution < 1.29 is 51.0 Å². The molecule has 3 heteroatoms. The van der Waals surface area contributed by atoms with Crippen LogP contribution < -0.4 is 24.8 Å². The van der Waals surface area contributed by atoms with Crippen LogP contribution in [0.2, 0.25) is 0 Å². The fourth-order valence-electron chi connectivity index (χ4n) is 5.00. The molecule has 0 bridgehead atoms. The van der Waals surface area contributed by atoms with Gasteiger partial charge in [-0.25, -0.2) is 0 Å². The Morgan fingerprint density at radius 3 is 1.41 bits per heavy atom. The van der Waals surface area contributed by atoms with Crippen LogP contribution in [0.3, 0.4) is 0 Å². The number of halogens is 2. The van der Waals surface area contributed by atoms with Gasteiger partial charge >= 0.3 is 26.2 Å². The first kappa shape index (κ1) is 22.4. The number of hydrogen-bond donors (Lipinski definition) is 0. The second-order valence-electron chi connectivity index (χ2n) is 7.26. The molecule has 0 saturated heterocycles. The Hall–Kier alpha value is -0.877. The Balaban J connectivity index is 0.000000871. The zero-order chi connectivity index (χ0) is 16.3. The zero-order valence-electron chi connectivity index (χ0n) is 15.7. The van der Waals surface area contributed by atoms with E-state index >= 15 is 0 Å². The van der Waals surface area contributed by atoms with Gasteiger partial charge in [-0.05, 0) is 12.8 Å². The van der Waals surface area contributed by atoms with E-state index in [1.165, 1.54) is 58.4 Å². The molecule has 0 aromatic heterocycles. The van der Waals surface area contributed by atoms with Crippen LogP contribution in [0.5, 0.6) is 0 Å². The molecule has 0 aliphatic heterocycles. The zero-order valence-corrected chi connectivity index (χ0v) is 19.7. The third kappa shape index (κ3) is 3.37. The van der Waals surface area contributed by atoms with Crippen molar-refractivity contribution in [2.45, 2.75) is 39.5 Å². The van der Waals surface area contributed by atoms with E-state index in [0.29, 0.717) is 0 Å². The molecule has 0 heterocycles. The van der Waals surface area contributed by atoms with Crippen molar-refractivity contribution in [3.8, 4) is 0 Å². The summed E-state index contributed by atoms with van der Waals surface area (Å²) in [5.74, 6) is 0. The van der Waals surface area contributed by atoms with Crippen molar-refractivity contribution in [3.05, 3.63) is 81.9 Å². The molecule has 0 atom stereocenters. The van der Waals surface area contributed by atoms with Crippen LogP contribution in [0, 0.1) is 13.8 Å². The molecule has 4 aromatic rings. The molecule has 0 nitrogen and oxygen atoms in total. The quantitative estimate of drug-likeness (QED) is 0.315. The number of rotatable bonds is 0. The average molecular weight is 473 g/mol. The van der Waals surface area contributed by atoms with Crippen molar-refractivity contribution in [1.82, 2.24) is 0 Å². The number of benzene rings is 2. The summed E-state index contributed by atoms with van der Waals surface area (Å²) >= 11 is 0. The maximum absolute atomic E-state index is 2.32. The van der Waals surface area contributed by atoms with E-state index in [2.05, 4.69) is 62.4 Å². The molecule has 0 spiro atoms. The first-order valence-electron chi connectivity index (χ1n) is 9.07. The van der Waals surface area contributed by atoms with Gasteiger partial charge in [-0.2, -0.15) is 11.1 Å². The second-order valence-corrected chi connectivity index (χ2v) is 7.26. The molecule has 0 radical (unpaired) electrons. The van der Waals surface area contributed by atoms with Crippen molar-refractivity contribution in [3.63, 3.8) is 0 Å². The summed E-state index contributed by atoms with van der Waals surface area (Å²) in [6.07, 6.45) is 4.70. The minimum absolute atomic E-state index is 0. The summed E-state index contributed by atoms with van der Waals surface area (Å²) in [6, 6.07) is 18.0. The normalized spacial score (nSPS) is 12.8. The second kappa shape index (κ2) is 8.65. The predicted molar refractivity (Wildman–Crippen MR) is 103 cm³/mol. The van der Waals surface area contributed by atoms with Crippen molar-refractivity contribution in [1.29, 1.82) is 0 Å². The van der Waals surface area contributed by atoms with Gasteiger partial charge in [0.05, 0.1) is 0 Å². The van der Waals surface area contributed by atoms with Gasteiger partial charge in [0.2, 0.25) is 0 Å². The first-order chi connectivity index (χ1) is 11.8. The van der Waals surface area contributed by atoms with E-state index in [9.17, 15) is 0 Å². The summed E-state index contributed by atoms with van der Waals surface area (Å²) in [6.45, 7) is 4.63. The van der Waals surface area contributed by atoms with Crippen LogP contribution in [0.15, 0.2) is 48.5 Å². The van der Waals surface area contributed by atoms with Crippen LogP contribution in [-0.4, -0.2) is 0 Å². The van der Waals surface area contributed by atoms with E-state index in [1.807, 2.05) is 0 Å². The summed E-state index contributed by atoms with van der Waals surface area (Å²) in [5.41, 5.74) is 9.47. The van der Waals surface area contributed by atoms with E-state index in [1.54, 1.807) is 22.3 Å². The van der Waals surface area contributed by atoms with Gasteiger partial charge in [-0.3, -0.25) is 0 Å². The monoisotopic (exact) mass is 470 g/mol. The average Bonchev–Trinajstić information content (AvgIpc) is 3.01. The van der Waals surface area contributed by atoms with E-state index in [-0.39, 0.29) is 51.0 Å². The van der Waals surface area contributed by atoms with Gasteiger partial charge in [-0.15, -0.1) is 80.2 Å². The number of hydrogen-bond acceptors (Lipinski definition) is 0. The smallest absolute Gasteiger partial charge is 1.00 e. The fourth-order valence-corrected chi connectivity index (χ4v) is 5.00.